The third-order valence-corrected chi connectivity index (χ3v) is 5.80. The molecule has 1 fully saturated rings. The Morgan fingerprint density at radius 1 is 1.22 bits per heavy atom. The molecule has 0 radical (unpaired) electrons. The van der Waals surface area contributed by atoms with Crippen molar-refractivity contribution >= 4 is 17.5 Å². The average Bonchev–Trinajstić information content (AvgIpc) is 3.29. The van der Waals surface area contributed by atoms with Gasteiger partial charge in [-0.15, -0.1) is 11.6 Å². The fraction of sp³-hybridized carbons (Fsp3) is 0.500. The second kappa shape index (κ2) is 10.0. The van der Waals surface area contributed by atoms with Gasteiger partial charge in [-0.1, -0.05) is 0 Å². The van der Waals surface area contributed by atoms with Crippen molar-refractivity contribution in [2.75, 3.05) is 0 Å². The zero-order valence-electron chi connectivity index (χ0n) is 18.8. The number of aliphatic hydroxyl groups excluding tert-OH is 1. The van der Waals surface area contributed by atoms with Crippen molar-refractivity contribution in [3.63, 3.8) is 0 Å². The smallest absolute Gasteiger partial charge is 0.425 e. The van der Waals surface area contributed by atoms with E-state index >= 15 is 4.39 Å². The number of hydrazine groups is 1. The van der Waals surface area contributed by atoms with E-state index in [9.17, 15) is 36.2 Å². The number of rotatable bonds is 6. The van der Waals surface area contributed by atoms with E-state index in [-0.39, 0.29) is 0 Å². The molecule has 8 nitrogen and oxygen atoms in total. The number of aryl methyl sites for hydroxylation is 1. The molecule has 1 aliphatic heterocycles. The number of hydrogen-bond donors (Lipinski definition) is 4. The molecule has 2 heterocycles. The number of alkyl halides is 7. The Kier molecular flexibility index (Phi) is 7.79. The van der Waals surface area contributed by atoms with Crippen LogP contribution < -0.4 is 20.9 Å². The molecule has 1 aromatic carbocycles. The molecule has 1 saturated heterocycles. The third-order valence-electron chi connectivity index (χ3n) is 5.42. The topological polar surface area (TPSA) is 100 Å². The number of halogens is 8. The fourth-order valence-electron chi connectivity index (χ4n) is 3.36. The summed E-state index contributed by atoms with van der Waals surface area (Å²) in [4.78, 5) is 16.5. The number of carbonyl (C=O) groups excluding carboxylic acids is 1. The zero-order chi connectivity index (χ0) is 27.2. The van der Waals surface area contributed by atoms with Gasteiger partial charge in [-0.2, -0.15) is 26.3 Å². The number of aromatic nitrogens is 2. The Morgan fingerprint density at radius 2 is 1.86 bits per heavy atom. The quantitative estimate of drug-likeness (QED) is 0.252. The van der Waals surface area contributed by atoms with Gasteiger partial charge in [0, 0.05) is 24.8 Å². The number of carbonyl (C=O) groups is 1. The van der Waals surface area contributed by atoms with Gasteiger partial charge in [0.2, 0.25) is 6.10 Å². The van der Waals surface area contributed by atoms with E-state index in [2.05, 4.69) is 21.2 Å². The van der Waals surface area contributed by atoms with Crippen LogP contribution in [0, 0.1) is 5.82 Å². The van der Waals surface area contributed by atoms with Crippen molar-refractivity contribution in [3.8, 4) is 17.0 Å². The highest BCUT2D eigenvalue weighted by Gasteiger charge is 2.43. The van der Waals surface area contributed by atoms with Crippen molar-refractivity contribution in [1.82, 2.24) is 25.7 Å². The monoisotopic (exact) mass is 547 g/mol. The van der Waals surface area contributed by atoms with Crippen LogP contribution in [-0.4, -0.2) is 56.6 Å². The minimum atomic E-state index is -5.07. The number of ether oxygens (including phenoxy) is 1. The van der Waals surface area contributed by atoms with Crippen LogP contribution in [0.3, 0.4) is 0 Å². The van der Waals surface area contributed by atoms with Gasteiger partial charge in [0.05, 0.1) is 17.3 Å². The summed E-state index contributed by atoms with van der Waals surface area (Å²) in [6, 6.07) is 0.176. The first-order valence-electron chi connectivity index (χ1n) is 10.3. The number of amides is 1. The molecule has 5 atom stereocenters. The van der Waals surface area contributed by atoms with Crippen molar-refractivity contribution in [2.24, 2.45) is 7.05 Å². The molecule has 3 rings (SSSR count). The first-order valence-corrected chi connectivity index (χ1v) is 10.8. The lowest BCUT2D eigenvalue weighted by molar-refractivity contribution is -0.209. The summed E-state index contributed by atoms with van der Waals surface area (Å²) in [6.45, 7) is 2.31. The summed E-state index contributed by atoms with van der Waals surface area (Å²) < 4.78 is 99.0. The summed E-state index contributed by atoms with van der Waals surface area (Å²) in [5.41, 5.74) is 3.00. The number of benzene rings is 1. The van der Waals surface area contributed by atoms with Crippen molar-refractivity contribution in [2.45, 2.75) is 56.0 Å². The maximum absolute atomic E-state index is 15.0. The third kappa shape index (κ3) is 5.85. The molecule has 1 aromatic heterocycles. The molecule has 16 heteroatoms. The number of nitrogens with one attached hydrogen (secondary N) is 3. The van der Waals surface area contributed by atoms with Crippen LogP contribution in [0.2, 0.25) is 0 Å². The van der Waals surface area contributed by atoms with Crippen LogP contribution in [0.1, 0.15) is 36.1 Å². The summed E-state index contributed by atoms with van der Waals surface area (Å²) >= 11 is 6.05. The molecule has 0 spiro atoms. The number of imidazole rings is 1. The van der Waals surface area contributed by atoms with Gasteiger partial charge in [-0.25, -0.2) is 14.8 Å². The Morgan fingerprint density at radius 3 is 2.39 bits per heavy atom. The minimum Gasteiger partial charge on any atom is -0.480 e. The Labute approximate surface area is 204 Å². The number of hydrogen-bond acceptors (Lipinski definition) is 6. The van der Waals surface area contributed by atoms with E-state index in [0.29, 0.717) is 13.0 Å². The van der Waals surface area contributed by atoms with Crippen LogP contribution in [-0.2, 0) is 7.05 Å². The van der Waals surface area contributed by atoms with E-state index < -0.39 is 82.3 Å². The molecule has 4 N–H and O–H groups in total. The molecular formula is C20H21ClF7N5O3. The van der Waals surface area contributed by atoms with Gasteiger partial charge >= 0.3 is 12.4 Å². The van der Waals surface area contributed by atoms with E-state index in [4.69, 9.17) is 16.3 Å². The predicted octanol–water partition coefficient (Wildman–Crippen LogP) is 3.31. The van der Waals surface area contributed by atoms with Crippen LogP contribution in [0.4, 0.5) is 30.7 Å². The minimum absolute atomic E-state index is 0.397. The van der Waals surface area contributed by atoms with Gasteiger partial charge in [-0.05, 0) is 26.0 Å². The first-order chi connectivity index (χ1) is 16.5. The first kappa shape index (κ1) is 28.0. The van der Waals surface area contributed by atoms with Crippen LogP contribution in [0.25, 0.3) is 11.3 Å². The molecule has 0 saturated carbocycles. The lowest BCUT2D eigenvalue weighted by Gasteiger charge is -2.22. The average molecular weight is 548 g/mol. The lowest BCUT2D eigenvalue weighted by atomic mass is 10.1. The van der Waals surface area contributed by atoms with E-state index in [0.717, 1.165) is 23.9 Å². The number of nitrogens with zero attached hydrogens (tertiary/aromatic N) is 2. The van der Waals surface area contributed by atoms with Crippen LogP contribution >= 0.6 is 11.6 Å². The summed E-state index contributed by atoms with van der Waals surface area (Å²) in [5, 5.41) is 12.0. The second-order valence-electron chi connectivity index (χ2n) is 8.15. The number of aliphatic hydroxyl groups is 1. The van der Waals surface area contributed by atoms with Crippen molar-refractivity contribution in [1.29, 1.82) is 0 Å². The normalized spacial score (nSPS) is 22.4. The summed E-state index contributed by atoms with van der Waals surface area (Å²) in [7, 11) is 1.11. The van der Waals surface area contributed by atoms with Gasteiger partial charge in [0.25, 0.3) is 5.91 Å². The van der Waals surface area contributed by atoms with Gasteiger partial charge in [-0.3, -0.25) is 10.2 Å². The fourth-order valence-corrected chi connectivity index (χ4v) is 3.71. The van der Waals surface area contributed by atoms with Gasteiger partial charge in [0.15, 0.2) is 6.10 Å². The highest BCUT2D eigenvalue weighted by Crippen LogP contribution is 2.36. The molecule has 36 heavy (non-hydrogen) atoms. The lowest BCUT2D eigenvalue weighted by Crippen LogP contribution is -2.45. The highest BCUT2D eigenvalue weighted by atomic mass is 35.5. The molecule has 0 aliphatic carbocycles. The maximum Gasteiger partial charge on any atom is 0.425 e. The van der Waals surface area contributed by atoms with Crippen LogP contribution in [0.15, 0.2) is 18.3 Å². The molecule has 4 unspecified atom stereocenters. The van der Waals surface area contributed by atoms with Crippen molar-refractivity contribution < 1.29 is 45.4 Å². The standard InChI is InChI=1S/C20H21ClF7N5O3/c1-7-14(16(21)32-31-7)30-18(35)10-4-11(22)9(5-13(10)36-8(2)19(23,24)25)12-6-33(3)17(29-12)15(34)20(26,27)28/h4-8,14-16,31-32,34H,1-3H3,(H,30,35)/t7?,8-,14?,15?,16?/m0/s1. The van der Waals surface area contributed by atoms with E-state index in [1.54, 1.807) is 6.92 Å². The molecule has 200 valence electrons. The predicted molar refractivity (Wildman–Crippen MR) is 112 cm³/mol. The van der Waals surface area contributed by atoms with Gasteiger partial charge in [0.1, 0.15) is 22.9 Å². The Hall–Kier alpha value is -2.62. The SMILES string of the molecule is CC1NNC(Cl)C1NC(=O)c1cc(F)c(-c2cn(C)c(C(O)C(F)(F)F)n2)cc1O[C@@H](C)C(F)(F)F. The largest absolute Gasteiger partial charge is 0.480 e. The Balaban J connectivity index is 2.05. The van der Waals surface area contributed by atoms with Gasteiger partial charge < -0.3 is 19.7 Å². The Bertz CT molecular complexity index is 1110. The summed E-state index contributed by atoms with van der Waals surface area (Å²) in [6.07, 6.45) is -14.4. The molecule has 2 aromatic rings. The molecule has 0 bridgehead atoms. The van der Waals surface area contributed by atoms with Crippen molar-refractivity contribution in [3.05, 3.63) is 35.5 Å². The summed E-state index contributed by atoms with van der Waals surface area (Å²) in [5.74, 6) is -3.77. The zero-order valence-corrected chi connectivity index (χ0v) is 19.6. The van der Waals surface area contributed by atoms with E-state index in [1.807, 2.05) is 0 Å². The molecular weight excluding hydrogens is 527 g/mol. The van der Waals surface area contributed by atoms with Crippen LogP contribution in [0.5, 0.6) is 5.75 Å². The maximum atomic E-state index is 15.0. The van der Waals surface area contributed by atoms with E-state index in [1.165, 1.54) is 0 Å². The molecule has 1 amide bonds. The highest BCUT2D eigenvalue weighted by molar-refractivity contribution is 6.21. The molecule has 1 aliphatic rings. The second-order valence-corrected chi connectivity index (χ2v) is 8.62.